The molecule has 0 heterocycles. The summed E-state index contributed by atoms with van der Waals surface area (Å²) in [4.78, 5) is 12.9. The van der Waals surface area contributed by atoms with Gasteiger partial charge in [-0.3, -0.25) is 4.79 Å². The van der Waals surface area contributed by atoms with E-state index in [-0.39, 0.29) is 16.2 Å². The first-order chi connectivity index (χ1) is 12.6. The minimum absolute atomic E-state index is 0.127. The molecule has 2 aromatic carbocycles. The number of carbonyl (C=O) groups excluding carboxylic acids is 1. The molecule has 0 saturated carbocycles. The van der Waals surface area contributed by atoms with Gasteiger partial charge >= 0.3 is 0 Å². The second-order valence-electron chi connectivity index (χ2n) is 7.37. The van der Waals surface area contributed by atoms with Crippen LogP contribution in [0.15, 0.2) is 53.4 Å². The predicted molar refractivity (Wildman–Crippen MR) is 110 cm³/mol. The number of carbonyl (C=O) groups is 1. The maximum absolute atomic E-state index is 12.8. The molecule has 1 amide bonds. The van der Waals surface area contributed by atoms with E-state index in [1.165, 1.54) is 16.4 Å². The van der Waals surface area contributed by atoms with Gasteiger partial charge in [-0.1, -0.05) is 58.9 Å². The number of nitrogens with zero attached hydrogens (tertiary/aromatic N) is 1. The Balaban J connectivity index is 2.35. The zero-order valence-corrected chi connectivity index (χ0v) is 17.4. The average Bonchev–Trinajstić information content (AvgIpc) is 2.62. The van der Waals surface area contributed by atoms with Crippen molar-refractivity contribution in [2.45, 2.75) is 44.9 Å². The van der Waals surface area contributed by atoms with Gasteiger partial charge in [-0.05, 0) is 35.2 Å². The zero-order chi connectivity index (χ0) is 20.2. The van der Waals surface area contributed by atoms with Crippen LogP contribution in [0.5, 0.6) is 0 Å². The summed E-state index contributed by atoms with van der Waals surface area (Å²) in [6.45, 7) is 10.6. The van der Waals surface area contributed by atoms with Gasteiger partial charge in [0.2, 0.25) is 10.0 Å². The topological polar surface area (TPSA) is 66.5 Å². The van der Waals surface area contributed by atoms with Gasteiger partial charge < -0.3 is 5.32 Å². The SMILES string of the molecule is CCN(CC)S(=O)(=O)c1cccc(C(=O)Nc2ccccc2C(C)(C)C)c1. The Labute approximate surface area is 162 Å². The lowest BCUT2D eigenvalue weighted by Gasteiger charge is -2.23. The number of sulfonamides is 1. The molecule has 5 nitrogen and oxygen atoms in total. The fraction of sp³-hybridized carbons (Fsp3) is 0.381. The molecule has 0 radical (unpaired) electrons. The van der Waals surface area contributed by atoms with Crippen molar-refractivity contribution in [1.29, 1.82) is 0 Å². The van der Waals surface area contributed by atoms with Crippen molar-refractivity contribution in [3.8, 4) is 0 Å². The van der Waals surface area contributed by atoms with Gasteiger partial charge in [0.05, 0.1) is 4.90 Å². The highest BCUT2D eigenvalue weighted by atomic mass is 32.2. The van der Waals surface area contributed by atoms with E-state index in [2.05, 4.69) is 26.1 Å². The van der Waals surface area contributed by atoms with Gasteiger partial charge in [0.1, 0.15) is 0 Å². The van der Waals surface area contributed by atoms with Crippen LogP contribution in [0.4, 0.5) is 5.69 Å². The number of hydrogen-bond acceptors (Lipinski definition) is 3. The van der Waals surface area contributed by atoms with Crippen LogP contribution in [0.25, 0.3) is 0 Å². The highest BCUT2D eigenvalue weighted by Gasteiger charge is 2.23. The maximum atomic E-state index is 12.8. The normalized spacial score (nSPS) is 12.2. The summed E-state index contributed by atoms with van der Waals surface area (Å²) in [5.41, 5.74) is 1.93. The molecule has 0 fully saturated rings. The van der Waals surface area contributed by atoms with E-state index in [9.17, 15) is 13.2 Å². The Bertz CT molecular complexity index is 911. The van der Waals surface area contributed by atoms with E-state index in [0.717, 1.165) is 11.3 Å². The fourth-order valence-corrected chi connectivity index (χ4v) is 4.46. The molecule has 1 N–H and O–H groups in total. The quantitative estimate of drug-likeness (QED) is 0.804. The lowest BCUT2D eigenvalue weighted by atomic mass is 9.86. The van der Waals surface area contributed by atoms with Crippen LogP contribution in [0.1, 0.15) is 50.5 Å². The number of nitrogens with one attached hydrogen (secondary N) is 1. The monoisotopic (exact) mass is 388 g/mol. The summed E-state index contributed by atoms with van der Waals surface area (Å²) in [5, 5.41) is 2.92. The number of hydrogen-bond donors (Lipinski definition) is 1. The molecule has 0 aliphatic carbocycles. The molecule has 0 aliphatic heterocycles. The molecule has 6 heteroatoms. The number of anilines is 1. The van der Waals surface area contributed by atoms with E-state index < -0.39 is 10.0 Å². The predicted octanol–water partition coefficient (Wildman–Crippen LogP) is 4.27. The van der Waals surface area contributed by atoms with Crippen molar-refractivity contribution < 1.29 is 13.2 Å². The van der Waals surface area contributed by atoms with Crippen LogP contribution in [-0.2, 0) is 15.4 Å². The molecule has 2 rings (SSSR count). The average molecular weight is 389 g/mol. The van der Waals surface area contributed by atoms with E-state index in [0.29, 0.717) is 18.7 Å². The van der Waals surface area contributed by atoms with Gasteiger partial charge in [-0.15, -0.1) is 0 Å². The van der Waals surface area contributed by atoms with E-state index >= 15 is 0 Å². The Kier molecular flexibility index (Phi) is 6.44. The largest absolute Gasteiger partial charge is 0.322 e. The molecule has 0 aromatic heterocycles. The molecule has 146 valence electrons. The van der Waals surface area contributed by atoms with Crippen LogP contribution in [0.3, 0.4) is 0 Å². The molecule has 0 saturated heterocycles. The van der Waals surface area contributed by atoms with Crippen molar-refractivity contribution in [2.24, 2.45) is 0 Å². The minimum atomic E-state index is -3.61. The molecule has 0 aliphatic rings. The Morgan fingerprint density at radius 2 is 1.63 bits per heavy atom. The molecule has 27 heavy (non-hydrogen) atoms. The summed E-state index contributed by atoms with van der Waals surface area (Å²) in [7, 11) is -3.61. The Morgan fingerprint density at radius 1 is 1.00 bits per heavy atom. The van der Waals surface area contributed by atoms with Crippen LogP contribution in [0, 0.1) is 0 Å². The van der Waals surface area contributed by atoms with E-state index in [1.807, 2.05) is 24.3 Å². The standard InChI is InChI=1S/C21H28N2O3S/c1-6-23(7-2)27(25,26)17-12-10-11-16(15-17)20(24)22-19-14-9-8-13-18(19)21(3,4)5/h8-15H,6-7H2,1-5H3,(H,22,24). The number of para-hydroxylation sites is 1. The summed E-state index contributed by atoms with van der Waals surface area (Å²) < 4.78 is 26.8. The first-order valence-electron chi connectivity index (χ1n) is 9.12. The molecule has 0 bridgehead atoms. The number of rotatable bonds is 6. The molecule has 2 aromatic rings. The van der Waals surface area contributed by atoms with Crippen molar-refractivity contribution in [1.82, 2.24) is 4.31 Å². The first kappa shape index (κ1) is 21.1. The van der Waals surface area contributed by atoms with Gasteiger partial charge in [0.15, 0.2) is 0 Å². The third-order valence-electron chi connectivity index (χ3n) is 4.42. The smallest absolute Gasteiger partial charge is 0.255 e. The highest BCUT2D eigenvalue weighted by Crippen LogP contribution is 2.29. The zero-order valence-electron chi connectivity index (χ0n) is 16.6. The number of benzene rings is 2. The van der Waals surface area contributed by atoms with Crippen LogP contribution < -0.4 is 5.32 Å². The second-order valence-corrected chi connectivity index (χ2v) is 9.30. The van der Waals surface area contributed by atoms with E-state index in [1.54, 1.807) is 26.0 Å². The number of amides is 1. The van der Waals surface area contributed by atoms with Crippen molar-refractivity contribution in [2.75, 3.05) is 18.4 Å². The lowest BCUT2D eigenvalue weighted by molar-refractivity contribution is 0.102. The van der Waals surface area contributed by atoms with Crippen molar-refractivity contribution in [3.63, 3.8) is 0 Å². The van der Waals surface area contributed by atoms with Crippen LogP contribution in [-0.4, -0.2) is 31.7 Å². The summed E-state index contributed by atoms with van der Waals surface area (Å²) >= 11 is 0. The lowest BCUT2D eigenvalue weighted by Crippen LogP contribution is -2.30. The van der Waals surface area contributed by atoms with Gasteiger partial charge in [0.25, 0.3) is 5.91 Å². The summed E-state index contributed by atoms with van der Waals surface area (Å²) in [6.07, 6.45) is 0. The molecule has 0 atom stereocenters. The second kappa shape index (κ2) is 8.23. The Morgan fingerprint density at radius 3 is 2.22 bits per heavy atom. The van der Waals surface area contributed by atoms with Crippen molar-refractivity contribution >= 4 is 21.6 Å². The van der Waals surface area contributed by atoms with Crippen molar-refractivity contribution in [3.05, 3.63) is 59.7 Å². The van der Waals surface area contributed by atoms with E-state index in [4.69, 9.17) is 0 Å². The maximum Gasteiger partial charge on any atom is 0.255 e. The van der Waals surface area contributed by atoms with Gasteiger partial charge in [-0.2, -0.15) is 4.31 Å². The van der Waals surface area contributed by atoms with Crippen LogP contribution >= 0.6 is 0 Å². The Hall–Kier alpha value is -2.18. The summed E-state index contributed by atoms with van der Waals surface area (Å²) in [5.74, 6) is -0.330. The molecule has 0 spiro atoms. The van der Waals surface area contributed by atoms with Crippen LogP contribution in [0.2, 0.25) is 0 Å². The third-order valence-corrected chi connectivity index (χ3v) is 6.47. The molecule has 0 unspecified atom stereocenters. The minimum Gasteiger partial charge on any atom is -0.322 e. The van der Waals surface area contributed by atoms with Gasteiger partial charge in [-0.25, -0.2) is 8.42 Å². The molecular formula is C21H28N2O3S. The fourth-order valence-electron chi connectivity index (χ4n) is 2.95. The summed E-state index contributed by atoms with van der Waals surface area (Å²) in [6, 6.07) is 13.8. The third kappa shape index (κ3) is 4.76. The first-order valence-corrected chi connectivity index (χ1v) is 10.6. The van der Waals surface area contributed by atoms with Gasteiger partial charge in [0, 0.05) is 24.3 Å². The molecular weight excluding hydrogens is 360 g/mol. The highest BCUT2D eigenvalue weighted by molar-refractivity contribution is 7.89.